The van der Waals surface area contributed by atoms with Crippen LogP contribution in [0.5, 0.6) is 0 Å². The zero-order valence-electron chi connectivity index (χ0n) is 15.8. The summed E-state index contributed by atoms with van der Waals surface area (Å²) in [6, 6.07) is 13.0. The number of carbonyl (C=O) groups excluding carboxylic acids is 3. The van der Waals surface area contributed by atoms with Crippen LogP contribution in [-0.2, 0) is 25.5 Å². The molecule has 2 fully saturated rings. The van der Waals surface area contributed by atoms with Crippen molar-refractivity contribution in [3.8, 4) is 0 Å². The molecule has 3 heterocycles. The number of hydrogen-bond acceptors (Lipinski definition) is 6. The zero-order chi connectivity index (χ0) is 19.9. The van der Waals surface area contributed by atoms with Gasteiger partial charge in [-0.25, -0.2) is 0 Å². The van der Waals surface area contributed by atoms with Gasteiger partial charge in [0.2, 0.25) is 11.8 Å². The van der Waals surface area contributed by atoms with Crippen molar-refractivity contribution in [2.45, 2.75) is 24.9 Å². The van der Waals surface area contributed by atoms with Crippen molar-refractivity contribution in [3.63, 3.8) is 0 Å². The monoisotopic (exact) mass is 398 g/mol. The van der Waals surface area contributed by atoms with Gasteiger partial charge in [-0.2, -0.15) is 0 Å². The van der Waals surface area contributed by atoms with Gasteiger partial charge in [-0.05, 0) is 23.9 Å². The SMILES string of the molecule is CCOC(=O)[C@]1(Cc2ccccc2)N[C@H](c2cccs2)[C@H]2C(=O)N(C)C(=O)[C@@H]21. The molecular weight excluding hydrogens is 376 g/mol. The molecule has 0 unspecified atom stereocenters. The molecule has 7 heteroatoms. The topological polar surface area (TPSA) is 75.7 Å². The Labute approximate surface area is 167 Å². The Kier molecular flexibility index (Phi) is 4.81. The Bertz CT molecular complexity index is 898. The Balaban J connectivity index is 1.85. The molecule has 4 atom stereocenters. The van der Waals surface area contributed by atoms with Crippen molar-refractivity contribution < 1.29 is 19.1 Å². The van der Waals surface area contributed by atoms with Crippen LogP contribution in [0.2, 0.25) is 0 Å². The van der Waals surface area contributed by atoms with Gasteiger partial charge in [0.05, 0.1) is 24.5 Å². The van der Waals surface area contributed by atoms with Crippen molar-refractivity contribution in [1.82, 2.24) is 10.2 Å². The standard InChI is InChI=1S/C21H22N2O4S/c1-3-27-20(26)21(12-13-8-5-4-6-9-13)16-15(18(24)23(2)19(16)25)17(22-21)14-10-7-11-28-14/h4-11,15-17,22H,3,12H2,1-2H3/t15-,16+,17+,21+/m0/s1. The van der Waals surface area contributed by atoms with E-state index in [0.717, 1.165) is 15.3 Å². The van der Waals surface area contributed by atoms with Crippen LogP contribution in [0.15, 0.2) is 47.8 Å². The first-order valence-corrected chi connectivity index (χ1v) is 10.2. The first-order valence-electron chi connectivity index (χ1n) is 9.33. The predicted octanol–water partition coefficient (Wildman–Crippen LogP) is 2.17. The number of thiophene rings is 1. The molecule has 1 aromatic heterocycles. The molecule has 2 saturated heterocycles. The first kappa shape index (κ1) is 18.8. The lowest BCUT2D eigenvalue weighted by Crippen LogP contribution is -2.57. The van der Waals surface area contributed by atoms with Gasteiger partial charge in [0, 0.05) is 18.3 Å². The van der Waals surface area contributed by atoms with E-state index >= 15 is 0 Å². The number of amides is 2. The van der Waals surface area contributed by atoms with E-state index in [1.807, 2.05) is 47.8 Å². The molecule has 1 aromatic carbocycles. The highest BCUT2D eigenvalue weighted by atomic mass is 32.1. The van der Waals surface area contributed by atoms with Crippen LogP contribution in [0.3, 0.4) is 0 Å². The summed E-state index contributed by atoms with van der Waals surface area (Å²) in [6.45, 7) is 1.95. The van der Waals surface area contributed by atoms with Gasteiger partial charge >= 0.3 is 5.97 Å². The molecule has 2 amide bonds. The number of carbonyl (C=O) groups is 3. The van der Waals surface area contributed by atoms with Gasteiger partial charge < -0.3 is 4.74 Å². The fourth-order valence-electron chi connectivity index (χ4n) is 4.46. The highest BCUT2D eigenvalue weighted by Gasteiger charge is 2.68. The lowest BCUT2D eigenvalue weighted by molar-refractivity contribution is -0.156. The number of hydrogen-bond donors (Lipinski definition) is 1. The Morgan fingerprint density at radius 3 is 2.57 bits per heavy atom. The highest BCUT2D eigenvalue weighted by molar-refractivity contribution is 7.10. The minimum Gasteiger partial charge on any atom is -0.465 e. The van der Waals surface area contributed by atoms with Crippen molar-refractivity contribution in [2.75, 3.05) is 13.7 Å². The van der Waals surface area contributed by atoms with Crippen LogP contribution in [0.25, 0.3) is 0 Å². The number of benzene rings is 1. The Morgan fingerprint density at radius 1 is 1.18 bits per heavy atom. The molecule has 2 aliphatic heterocycles. The van der Waals surface area contributed by atoms with Crippen LogP contribution in [0.1, 0.15) is 23.4 Å². The predicted molar refractivity (Wildman–Crippen MR) is 104 cm³/mol. The minimum atomic E-state index is -1.28. The van der Waals surface area contributed by atoms with Crippen molar-refractivity contribution in [2.24, 2.45) is 11.8 Å². The number of ether oxygens (including phenoxy) is 1. The smallest absolute Gasteiger partial charge is 0.327 e. The summed E-state index contributed by atoms with van der Waals surface area (Å²) in [5.41, 5.74) is -0.378. The van der Waals surface area contributed by atoms with E-state index in [-0.39, 0.29) is 24.8 Å². The lowest BCUT2D eigenvalue weighted by Gasteiger charge is -2.32. The molecule has 146 valence electrons. The van der Waals surface area contributed by atoms with Gasteiger partial charge in [0.25, 0.3) is 0 Å². The first-order chi connectivity index (χ1) is 13.5. The second-order valence-corrected chi connectivity index (χ2v) is 8.21. The van der Waals surface area contributed by atoms with Crippen LogP contribution in [0.4, 0.5) is 0 Å². The maximum atomic E-state index is 13.2. The molecule has 4 rings (SSSR count). The summed E-state index contributed by atoms with van der Waals surface area (Å²) >= 11 is 1.51. The molecule has 28 heavy (non-hydrogen) atoms. The van der Waals surface area contributed by atoms with Crippen LogP contribution in [0, 0.1) is 11.8 Å². The molecule has 1 N–H and O–H groups in total. The number of fused-ring (bicyclic) bond motifs is 1. The molecule has 0 aliphatic carbocycles. The van der Waals surface area contributed by atoms with Gasteiger partial charge in [0.15, 0.2) is 0 Å². The molecule has 0 saturated carbocycles. The van der Waals surface area contributed by atoms with Gasteiger partial charge in [0.1, 0.15) is 5.54 Å². The maximum Gasteiger partial charge on any atom is 0.327 e. The summed E-state index contributed by atoms with van der Waals surface area (Å²) in [5.74, 6) is -2.48. The number of nitrogens with one attached hydrogen (secondary N) is 1. The zero-order valence-corrected chi connectivity index (χ0v) is 16.6. The summed E-state index contributed by atoms with van der Waals surface area (Å²) in [5, 5.41) is 5.32. The minimum absolute atomic E-state index is 0.204. The van der Waals surface area contributed by atoms with Crippen LogP contribution < -0.4 is 5.32 Å². The average molecular weight is 398 g/mol. The Morgan fingerprint density at radius 2 is 1.93 bits per heavy atom. The second-order valence-electron chi connectivity index (χ2n) is 7.23. The fourth-order valence-corrected chi connectivity index (χ4v) is 5.28. The van der Waals surface area contributed by atoms with E-state index in [4.69, 9.17) is 4.74 Å². The summed E-state index contributed by atoms with van der Waals surface area (Å²) in [6.07, 6.45) is 0.280. The highest BCUT2D eigenvalue weighted by Crippen LogP contribution is 2.50. The molecular formula is C21H22N2O4S. The quantitative estimate of drug-likeness (QED) is 0.617. The summed E-state index contributed by atoms with van der Waals surface area (Å²) < 4.78 is 5.41. The lowest BCUT2D eigenvalue weighted by atomic mass is 9.76. The number of likely N-dealkylation sites (tertiary alicyclic amines) is 1. The average Bonchev–Trinajstić information content (AvgIpc) is 3.38. The fraction of sp³-hybridized carbons (Fsp3) is 0.381. The second kappa shape index (κ2) is 7.14. The number of nitrogens with zero attached hydrogens (tertiary/aromatic N) is 1. The van der Waals surface area contributed by atoms with E-state index < -0.39 is 29.4 Å². The van der Waals surface area contributed by atoms with Crippen molar-refractivity contribution >= 4 is 29.1 Å². The number of rotatable bonds is 5. The normalized spacial score (nSPS) is 29.2. The van der Waals surface area contributed by atoms with E-state index in [2.05, 4.69) is 5.32 Å². The van der Waals surface area contributed by atoms with Crippen molar-refractivity contribution in [1.29, 1.82) is 0 Å². The molecule has 6 nitrogen and oxygen atoms in total. The van der Waals surface area contributed by atoms with Crippen molar-refractivity contribution in [3.05, 3.63) is 58.3 Å². The number of imide groups is 1. The van der Waals surface area contributed by atoms with E-state index in [9.17, 15) is 14.4 Å². The van der Waals surface area contributed by atoms with E-state index in [1.54, 1.807) is 6.92 Å². The molecule has 2 aromatic rings. The molecule has 2 aliphatic rings. The summed E-state index contributed by atoms with van der Waals surface area (Å²) in [7, 11) is 1.49. The maximum absolute atomic E-state index is 13.2. The van der Waals surface area contributed by atoms with E-state index in [1.165, 1.54) is 18.4 Å². The summed E-state index contributed by atoms with van der Waals surface area (Å²) in [4.78, 5) is 41.4. The van der Waals surface area contributed by atoms with Crippen LogP contribution in [-0.4, -0.2) is 41.9 Å². The molecule has 0 radical (unpaired) electrons. The Hall–Kier alpha value is -2.51. The third-order valence-electron chi connectivity index (χ3n) is 5.69. The number of esters is 1. The van der Waals surface area contributed by atoms with Gasteiger partial charge in [-0.1, -0.05) is 36.4 Å². The third-order valence-corrected chi connectivity index (χ3v) is 6.65. The van der Waals surface area contributed by atoms with Crippen LogP contribution >= 0.6 is 11.3 Å². The van der Waals surface area contributed by atoms with Gasteiger partial charge in [-0.3, -0.25) is 24.6 Å². The largest absolute Gasteiger partial charge is 0.465 e. The van der Waals surface area contributed by atoms with Gasteiger partial charge in [-0.15, -0.1) is 11.3 Å². The molecule has 0 spiro atoms. The third kappa shape index (κ3) is 2.77. The van der Waals surface area contributed by atoms with E-state index in [0.29, 0.717) is 0 Å². The molecule has 0 bridgehead atoms.